The minimum absolute atomic E-state index is 0.182. The van der Waals surface area contributed by atoms with Gasteiger partial charge in [0.05, 0.1) is 10.9 Å². The van der Waals surface area contributed by atoms with Crippen LogP contribution < -0.4 is 5.32 Å². The highest BCUT2D eigenvalue weighted by Gasteiger charge is 2.27. The van der Waals surface area contributed by atoms with Crippen LogP contribution in [0.15, 0.2) is 36.8 Å². The minimum Gasteiger partial charge on any atom is -0.454 e. The molecule has 5 heteroatoms. The Labute approximate surface area is 138 Å². The van der Waals surface area contributed by atoms with E-state index in [0.29, 0.717) is 0 Å². The van der Waals surface area contributed by atoms with E-state index in [1.165, 1.54) is 21.6 Å². The van der Waals surface area contributed by atoms with E-state index in [1.54, 1.807) is 23.9 Å². The molecule has 0 fully saturated rings. The molecule has 0 unspecified atom stereocenters. The topological polar surface area (TPSA) is 30.5 Å². The predicted octanol–water partition coefficient (Wildman–Crippen LogP) is 4.46. The summed E-state index contributed by atoms with van der Waals surface area (Å²) in [6.07, 6.45) is 3.92. The molecular formula is C17H16ClNO2S. The second-order valence-electron chi connectivity index (χ2n) is 5.52. The Morgan fingerprint density at radius 3 is 2.82 bits per heavy atom. The standard InChI is InChI=1S/C17H16ClNO2S/c1-10-13(9-15(22-10)17-20-6-7-21-17)16-14-8-12(18)3-2-11(14)4-5-19-16/h2-3,6-9,16-17,19H,4-5H2,1H3/t16-/m1/s1. The van der Waals surface area contributed by atoms with Crippen molar-refractivity contribution in [3.05, 3.63) is 68.3 Å². The van der Waals surface area contributed by atoms with Crippen molar-refractivity contribution < 1.29 is 9.47 Å². The summed E-state index contributed by atoms with van der Waals surface area (Å²) in [5.41, 5.74) is 3.93. The van der Waals surface area contributed by atoms with Gasteiger partial charge in [-0.05, 0) is 48.2 Å². The van der Waals surface area contributed by atoms with Crippen LogP contribution in [-0.4, -0.2) is 6.54 Å². The number of thiophene rings is 1. The summed E-state index contributed by atoms with van der Waals surface area (Å²) in [5.74, 6) is 0. The van der Waals surface area contributed by atoms with Gasteiger partial charge in [0.15, 0.2) is 0 Å². The monoisotopic (exact) mass is 333 g/mol. The first kappa shape index (κ1) is 14.1. The SMILES string of the molecule is Cc1sc(C2OC=CO2)cc1[C@H]1NCCc2ccc(Cl)cc21. The van der Waals surface area contributed by atoms with E-state index in [1.807, 2.05) is 6.07 Å². The summed E-state index contributed by atoms with van der Waals surface area (Å²) >= 11 is 7.93. The molecular weight excluding hydrogens is 318 g/mol. The first-order chi connectivity index (χ1) is 10.7. The number of hydrogen-bond acceptors (Lipinski definition) is 4. The van der Waals surface area contributed by atoms with Gasteiger partial charge in [-0.3, -0.25) is 0 Å². The van der Waals surface area contributed by atoms with E-state index in [-0.39, 0.29) is 12.3 Å². The maximum atomic E-state index is 6.20. The van der Waals surface area contributed by atoms with Gasteiger partial charge >= 0.3 is 0 Å². The number of fused-ring (bicyclic) bond motifs is 1. The molecule has 2 aliphatic heterocycles. The zero-order valence-corrected chi connectivity index (χ0v) is 13.7. The van der Waals surface area contributed by atoms with Crippen molar-refractivity contribution in [2.24, 2.45) is 0 Å². The Morgan fingerprint density at radius 1 is 1.18 bits per heavy atom. The van der Waals surface area contributed by atoms with Crippen LogP contribution in [0.2, 0.25) is 5.02 Å². The molecule has 2 aliphatic rings. The molecule has 0 spiro atoms. The fourth-order valence-electron chi connectivity index (χ4n) is 3.10. The maximum absolute atomic E-state index is 6.20. The average Bonchev–Trinajstić information content (AvgIpc) is 3.16. The zero-order chi connectivity index (χ0) is 15.1. The smallest absolute Gasteiger partial charge is 0.275 e. The predicted molar refractivity (Wildman–Crippen MR) is 88.1 cm³/mol. The first-order valence-corrected chi connectivity index (χ1v) is 8.50. The molecule has 0 saturated carbocycles. The summed E-state index contributed by atoms with van der Waals surface area (Å²) < 4.78 is 10.9. The third-order valence-electron chi connectivity index (χ3n) is 4.14. The molecule has 0 bridgehead atoms. The largest absolute Gasteiger partial charge is 0.454 e. The van der Waals surface area contributed by atoms with Crippen LogP contribution in [0.3, 0.4) is 0 Å². The molecule has 2 aromatic rings. The molecule has 0 amide bonds. The van der Waals surface area contributed by atoms with E-state index < -0.39 is 0 Å². The molecule has 4 rings (SSSR count). The second kappa shape index (κ2) is 5.61. The molecule has 0 aliphatic carbocycles. The molecule has 1 N–H and O–H groups in total. The molecule has 3 heterocycles. The summed E-state index contributed by atoms with van der Waals surface area (Å²) in [6.45, 7) is 3.12. The third kappa shape index (κ3) is 2.41. The highest BCUT2D eigenvalue weighted by atomic mass is 35.5. The normalized spacial score (nSPS) is 20.5. The van der Waals surface area contributed by atoms with Crippen LogP contribution in [0, 0.1) is 6.92 Å². The first-order valence-electron chi connectivity index (χ1n) is 7.30. The number of aryl methyl sites for hydroxylation is 1. The van der Waals surface area contributed by atoms with Crippen LogP contribution in [0.25, 0.3) is 0 Å². The van der Waals surface area contributed by atoms with Crippen molar-refractivity contribution in [2.45, 2.75) is 25.7 Å². The van der Waals surface area contributed by atoms with Gasteiger partial charge in [-0.15, -0.1) is 11.3 Å². The lowest BCUT2D eigenvalue weighted by Gasteiger charge is -2.27. The number of rotatable bonds is 2. The van der Waals surface area contributed by atoms with Crippen LogP contribution >= 0.6 is 22.9 Å². The average molecular weight is 334 g/mol. The van der Waals surface area contributed by atoms with Crippen molar-refractivity contribution in [2.75, 3.05) is 6.54 Å². The van der Waals surface area contributed by atoms with Crippen LogP contribution in [0.1, 0.15) is 38.8 Å². The number of halogens is 1. The van der Waals surface area contributed by atoms with Gasteiger partial charge in [-0.2, -0.15) is 0 Å². The number of nitrogens with one attached hydrogen (secondary N) is 1. The van der Waals surface area contributed by atoms with E-state index in [9.17, 15) is 0 Å². The quantitative estimate of drug-likeness (QED) is 0.880. The lowest BCUT2D eigenvalue weighted by atomic mass is 9.90. The maximum Gasteiger partial charge on any atom is 0.275 e. The van der Waals surface area contributed by atoms with Crippen molar-refractivity contribution >= 4 is 22.9 Å². The van der Waals surface area contributed by atoms with Gasteiger partial charge in [0.25, 0.3) is 6.29 Å². The second-order valence-corrected chi connectivity index (χ2v) is 7.24. The number of ether oxygens (including phenoxy) is 2. The Kier molecular flexibility index (Phi) is 3.60. The van der Waals surface area contributed by atoms with Gasteiger partial charge in [0, 0.05) is 16.4 Å². The Bertz CT molecular complexity index is 732. The molecule has 0 radical (unpaired) electrons. The van der Waals surface area contributed by atoms with Gasteiger partial charge in [0.1, 0.15) is 12.5 Å². The van der Waals surface area contributed by atoms with Crippen LogP contribution in [0.4, 0.5) is 0 Å². The van der Waals surface area contributed by atoms with Crippen LogP contribution in [0.5, 0.6) is 0 Å². The number of benzene rings is 1. The highest BCUT2D eigenvalue weighted by Crippen LogP contribution is 2.39. The molecule has 1 atom stereocenters. The summed E-state index contributed by atoms with van der Waals surface area (Å²) in [5, 5.41) is 4.40. The zero-order valence-electron chi connectivity index (χ0n) is 12.1. The van der Waals surface area contributed by atoms with Crippen molar-refractivity contribution in [1.82, 2.24) is 5.32 Å². The summed E-state index contributed by atoms with van der Waals surface area (Å²) in [7, 11) is 0. The van der Waals surface area contributed by atoms with Gasteiger partial charge < -0.3 is 14.8 Å². The Hall–Kier alpha value is -1.49. The molecule has 3 nitrogen and oxygen atoms in total. The molecule has 1 aromatic heterocycles. The van der Waals surface area contributed by atoms with Crippen molar-refractivity contribution in [1.29, 1.82) is 0 Å². The number of hydrogen-bond donors (Lipinski definition) is 1. The van der Waals surface area contributed by atoms with Gasteiger partial charge in [-0.1, -0.05) is 17.7 Å². The van der Waals surface area contributed by atoms with E-state index in [4.69, 9.17) is 21.1 Å². The minimum atomic E-state index is -0.306. The lowest BCUT2D eigenvalue weighted by Crippen LogP contribution is -2.30. The van der Waals surface area contributed by atoms with Crippen molar-refractivity contribution in [3.63, 3.8) is 0 Å². The van der Waals surface area contributed by atoms with E-state index >= 15 is 0 Å². The molecule has 22 heavy (non-hydrogen) atoms. The van der Waals surface area contributed by atoms with Gasteiger partial charge in [-0.25, -0.2) is 0 Å². The fraction of sp³-hybridized carbons (Fsp3) is 0.294. The summed E-state index contributed by atoms with van der Waals surface area (Å²) in [4.78, 5) is 2.37. The fourth-order valence-corrected chi connectivity index (χ4v) is 4.32. The Balaban J connectivity index is 1.72. The van der Waals surface area contributed by atoms with E-state index in [2.05, 4.69) is 30.4 Å². The molecule has 0 saturated heterocycles. The summed E-state index contributed by atoms with van der Waals surface area (Å²) in [6, 6.07) is 8.56. The molecule has 114 valence electrons. The van der Waals surface area contributed by atoms with E-state index in [0.717, 1.165) is 22.9 Å². The highest BCUT2D eigenvalue weighted by molar-refractivity contribution is 7.12. The van der Waals surface area contributed by atoms with Crippen LogP contribution in [-0.2, 0) is 15.9 Å². The lowest BCUT2D eigenvalue weighted by molar-refractivity contribution is -0.0217. The van der Waals surface area contributed by atoms with Gasteiger partial charge in [0.2, 0.25) is 0 Å². The van der Waals surface area contributed by atoms with Crippen molar-refractivity contribution in [3.8, 4) is 0 Å². The third-order valence-corrected chi connectivity index (χ3v) is 5.46. The molecule has 1 aromatic carbocycles. The Morgan fingerprint density at radius 2 is 2.00 bits per heavy atom.